The minimum Gasteiger partial charge on any atom is -0.394 e. The van der Waals surface area contributed by atoms with E-state index in [0.717, 1.165) is 30.7 Å². The summed E-state index contributed by atoms with van der Waals surface area (Å²) in [5.41, 5.74) is 1.64. The molecule has 1 unspecified atom stereocenters. The van der Waals surface area contributed by atoms with E-state index in [1.165, 1.54) is 0 Å². The predicted molar refractivity (Wildman–Crippen MR) is 64.7 cm³/mol. The highest BCUT2D eigenvalue weighted by Gasteiger charge is 2.39. The van der Waals surface area contributed by atoms with Gasteiger partial charge in [0.15, 0.2) is 0 Å². The van der Waals surface area contributed by atoms with Gasteiger partial charge in [0.25, 0.3) is 0 Å². The largest absolute Gasteiger partial charge is 0.394 e. The Morgan fingerprint density at radius 1 is 1.61 bits per heavy atom. The van der Waals surface area contributed by atoms with E-state index in [2.05, 4.69) is 20.6 Å². The Labute approximate surface area is 105 Å². The van der Waals surface area contributed by atoms with Crippen LogP contribution in [-0.4, -0.2) is 39.2 Å². The molecule has 1 aliphatic carbocycles. The van der Waals surface area contributed by atoms with Crippen molar-refractivity contribution >= 4 is 5.91 Å². The number of rotatable bonds is 3. The molecular weight excluding hydrogens is 232 g/mol. The van der Waals surface area contributed by atoms with Crippen LogP contribution in [-0.2, 0) is 17.8 Å². The van der Waals surface area contributed by atoms with Crippen molar-refractivity contribution in [2.24, 2.45) is 0 Å². The number of nitrogens with one attached hydrogen (secondary N) is 3. The number of imidazole rings is 1. The molecule has 0 saturated heterocycles. The van der Waals surface area contributed by atoms with Gasteiger partial charge in [0.1, 0.15) is 0 Å². The quantitative estimate of drug-likeness (QED) is 0.580. The SMILES string of the molecule is O=C(NC1(CO)CCC1)C1Cc2nc[nH]c2CN1. The van der Waals surface area contributed by atoms with Crippen molar-refractivity contribution in [2.45, 2.75) is 43.8 Å². The second kappa shape index (κ2) is 4.37. The molecule has 0 radical (unpaired) electrons. The zero-order chi connectivity index (χ0) is 12.6. The average molecular weight is 250 g/mol. The Hall–Kier alpha value is -1.40. The van der Waals surface area contributed by atoms with Crippen molar-refractivity contribution in [3.63, 3.8) is 0 Å². The lowest BCUT2D eigenvalue weighted by Gasteiger charge is -2.42. The number of amides is 1. The lowest BCUT2D eigenvalue weighted by atomic mass is 9.77. The smallest absolute Gasteiger partial charge is 0.238 e. The van der Waals surface area contributed by atoms with Crippen molar-refractivity contribution in [2.75, 3.05) is 6.61 Å². The highest BCUT2D eigenvalue weighted by atomic mass is 16.3. The first-order valence-electron chi connectivity index (χ1n) is 6.40. The lowest BCUT2D eigenvalue weighted by Crippen LogP contribution is -2.60. The third-order valence-corrected chi connectivity index (χ3v) is 4.05. The molecule has 0 spiro atoms. The van der Waals surface area contributed by atoms with Crippen LogP contribution in [0.3, 0.4) is 0 Å². The van der Waals surface area contributed by atoms with Crippen molar-refractivity contribution in [1.29, 1.82) is 0 Å². The number of fused-ring (bicyclic) bond motifs is 1. The summed E-state index contributed by atoms with van der Waals surface area (Å²) in [6.45, 7) is 0.665. The molecule has 1 fully saturated rings. The Bertz CT molecular complexity index is 447. The number of hydrogen-bond donors (Lipinski definition) is 4. The number of nitrogens with zero attached hydrogens (tertiary/aromatic N) is 1. The van der Waals surface area contributed by atoms with Gasteiger partial charge in [0.2, 0.25) is 5.91 Å². The van der Waals surface area contributed by atoms with Crippen LogP contribution in [0, 0.1) is 0 Å². The number of H-pyrrole nitrogens is 1. The van der Waals surface area contributed by atoms with Gasteiger partial charge in [-0.3, -0.25) is 10.1 Å². The standard InChI is InChI=1S/C12H18N4O2/c17-6-12(2-1-3-12)16-11(18)9-4-8-10(5-13-9)15-7-14-8/h7,9,13,17H,1-6H2,(H,14,15)(H,16,18). The molecular formula is C12H18N4O2. The first-order valence-corrected chi connectivity index (χ1v) is 6.40. The third kappa shape index (κ3) is 1.91. The van der Waals surface area contributed by atoms with E-state index in [4.69, 9.17) is 0 Å². The topological polar surface area (TPSA) is 90.0 Å². The van der Waals surface area contributed by atoms with Crippen LogP contribution in [0.5, 0.6) is 0 Å². The number of aromatic amines is 1. The molecule has 1 atom stereocenters. The monoisotopic (exact) mass is 250 g/mol. The summed E-state index contributed by atoms with van der Waals surface area (Å²) < 4.78 is 0. The summed E-state index contributed by atoms with van der Waals surface area (Å²) in [7, 11) is 0. The molecule has 4 N–H and O–H groups in total. The van der Waals surface area contributed by atoms with Gasteiger partial charge in [0, 0.05) is 13.0 Å². The maximum Gasteiger partial charge on any atom is 0.238 e. The van der Waals surface area contributed by atoms with E-state index in [0.29, 0.717) is 13.0 Å². The number of carbonyl (C=O) groups excluding carboxylic acids is 1. The van der Waals surface area contributed by atoms with Crippen LogP contribution in [0.25, 0.3) is 0 Å². The molecule has 1 aromatic heterocycles. The Kier molecular flexibility index (Phi) is 2.83. The Morgan fingerprint density at radius 2 is 2.44 bits per heavy atom. The van der Waals surface area contributed by atoms with Gasteiger partial charge in [-0.05, 0) is 19.3 Å². The van der Waals surface area contributed by atoms with Crippen LogP contribution in [0.15, 0.2) is 6.33 Å². The zero-order valence-electron chi connectivity index (χ0n) is 10.2. The fourth-order valence-corrected chi connectivity index (χ4v) is 2.63. The van der Waals surface area contributed by atoms with E-state index >= 15 is 0 Å². The highest BCUT2D eigenvalue weighted by molar-refractivity contribution is 5.83. The lowest BCUT2D eigenvalue weighted by molar-refractivity contribution is -0.127. The maximum atomic E-state index is 12.2. The zero-order valence-corrected chi connectivity index (χ0v) is 10.2. The molecule has 1 aromatic rings. The molecule has 0 aromatic carbocycles. The van der Waals surface area contributed by atoms with Crippen molar-refractivity contribution in [3.8, 4) is 0 Å². The highest BCUT2D eigenvalue weighted by Crippen LogP contribution is 2.31. The fourth-order valence-electron chi connectivity index (χ4n) is 2.63. The summed E-state index contributed by atoms with van der Waals surface area (Å²) in [4.78, 5) is 19.4. The second-order valence-electron chi connectivity index (χ2n) is 5.25. The van der Waals surface area contributed by atoms with E-state index < -0.39 is 0 Å². The number of aromatic nitrogens is 2. The van der Waals surface area contributed by atoms with E-state index in [1.54, 1.807) is 6.33 Å². The van der Waals surface area contributed by atoms with Gasteiger partial charge >= 0.3 is 0 Å². The fraction of sp³-hybridized carbons (Fsp3) is 0.667. The van der Waals surface area contributed by atoms with Gasteiger partial charge in [0.05, 0.1) is 35.9 Å². The summed E-state index contributed by atoms with van der Waals surface area (Å²) >= 11 is 0. The Morgan fingerprint density at radius 3 is 3.11 bits per heavy atom. The minimum atomic E-state index is -0.370. The number of aliphatic hydroxyl groups is 1. The van der Waals surface area contributed by atoms with Gasteiger partial charge in [-0.1, -0.05) is 0 Å². The van der Waals surface area contributed by atoms with Crippen LogP contribution < -0.4 is 10.6 Å². The molecule has 0 bridgehead atoms. The molecule has 1 saturated carbocycles. The molecule has 98 valence electrons. The van der Waals surface area contributed by atoms with E-state index in [9.17, 15) is 9.90 Å². The third-order valence-electron chi connectivity index (χ3n) is 4.05. The molecule has 1 amide bonds. The first kappa shape index (κ1) is 11.7. The van der Waals surface area contributed by atoms with Crippen molar-refractivity contribution in [3.05, 3.63) is 17.7 Å². The van der Waals surface area contributed by atoms with Gasteiger partial charge in [-0.2, -0.15) is 0 Å². The summed E-state index contributed by atoms with van der Waals surface area (Å²) in [6.07, 6.45) is 5.08. The summed E-state index contributed by atoms with van der Waals surface area (Å²) in [5, 5.41) is 15.5. The molecule has 1 aliphatic heterocycles. The van der Waals surface area contributed by atoms with Crippen molar-refractivity contribution in [1.82, 2.24) is 20.6 Å². The van der Waals surface area contributed by atoms with Crippen LogP contribution >= 0.6 is 0 Å². The number of hydrogen-bond acceptors (Lipinski definition) is 4. The minimum absolute atomic E-state index is 0.0269. The molecule has 18 heavy (non-hydrogen) atoms. The Balaban J connectivity index is 1.64. The molecule has 2 aliphatic rings. The van der Waals surface area contributed by atoms with E-state index in [-0.39, 0.29) is 24.1 Å². The van der Waals surface area contributed by atoms with Gasteiger partial charge in [-0.25, -0.2) is 4.98 Å². The predicted octanol–water partition coefficient (Wildman–Crippen LogP) is -0.545. The second-order valence-corrected chi connectivity index (χ2v) is 5.25. The molecule has 6 nitrogen and oxygen atoms in total. The van der Waals surface area contributed by atoms with Crippen molar-refractivity contribution < 1.29 is 9.90 Å². The average Bonchev–Trinajstić information content (AvgIpc) is 2.80. The van der Waals surface area contributed by atoms with Gasteiger partial charge < -0.3 is 15.4 Å². The first-order chi connectivity index (χ1) is 8.72. The van der Waals surface area contributed by atoms with Crippen LogP contribution in [0.4, 0.5) is 0 Å². The molecule has 3 rings (SSSR count). The van der Waals surface area contributed by atoms with E-state index in [1.807, 2.05) is 0 Å². The normalized spacial score (nSPS) is 25.1. The molecule has 2 heterocycles. The van der Waals surface area contributed by atoms with Gasteiger partial charge in [-0.15, -0.1) is 0 Å². The summed E-state index contributed by atoms with van der Waals surface area (Å²) in [5.74, 6) is -0.0302. The maximum absolute atomic E-state index is 12.2. The molecule has 6 heteroatoms. The number of carbonyl (C=O) groups is 1. The van der Waals surface area contributed by atoms with Crippen LogP contribution in [0.2, 0.25) is 0 Å². The number of aliphatic hydroxyl groups excluding tert-OH is 1. The summed E-state index contributed by atoms with van der Waals surface area (Å²) in [6, 6.07) is -0.246. The van der Waals surface area contributed by atoms with Crippen LogP contribution in [0.1, 0.15) is 30.7 Å².